The van der Waals surface area contributed by atoms with Crippen LogP contribution in [0.2, 0.25) is 0 Å². The third kappa shape index (κ3) is 2.85. The van der Waals surface area contributed by atoms with Crippen LogP contribution in [-0.4, -0.2) is 48.4 Å². The van der Waals surface area contributed by atoms with Crippen LogP contribution in [0.15, 0.2) is 12.4 Å². The summed E-state index contributed by atoms with van der Waals surface area (Å²) in [5, 5.41) is 10.2. The van der Waals surface area contributed by atoms with Gasteiger partial charge in [0.05, 0.1) is 12.4 Å². The molecule has 2 aromatic heterocycles. The van der Waals surface area contributed by atoms with Crippen LogP contribution in [-0.2, 0) is 11.8 Å². The Balaban J connectivity index is 2.79. The molecule has 144 valence electrons. The van der Waals surface area contributed by atoms with Gasteiger partial charge in [-0.05, 0) is 0 Å². The molecule has 0 aromatic carbocycles. The summed E-state index contributed by atoms with van der Waals surface area (Å²) in [6.45, 7) is 0. The molecule has 0 atom stereocenters. The van der Waals surface area contributed by atoms with Crippen LogP contribution in [0.4, 0.5) is 48.7 Å². The van der Waals surface area contributed by atoms with Gasteiger partial charge in [-0.2, -0.15) is 53.3 Å². The molecule has 2 heterocycles. The van der Waals surface area contributed by atoms with Crippen LogP contribution < -0.4 is 0 Å². The van der Waals surface area contributed by atoms with E-state index in [1.807, 2.05) is 5.10 Å². The Morgan fingerprint density at radius 2 is 1.38 bits per heavy atom. The van der Waals surface area contributed by atoms with E-state index in [2.05, 4.69) is 15.5 Å². The zero-order valence-electron chi connectivity index (χ0n) is 11.5. The van der Waals surface area contributed by atoms with E-state index in [0.717, 1.165) is 6.20 Å². The van der Waals surface area contributed by atoms with E-state index >= 15 is 0 Å². The molecule has 0 aliphatic carbocycles. The number of carbonyl (C=O) groups excluding carboxylic acids is 1. The van der Waals surface area contributed by atoms with Gasteiger partial charge >= 0.3 is 30.2 Å². The fraction of sp³-hybridized carbons (Fsp3) is 0.444. The number of carbonyl (C=O) groups is 1. The number of hydrogen-bond donors (Lipinski definition) is 0. The summed E-state index contributed by atoms with van der Waals surface area (Å²) in [5.41, 5.74) is -6.19. The van der Waals surface area contributed by atoms with Gasteiger partial charge in [-0.25, -0.2) is 4.79 Å². The van der Waals surface area contributed by atoms with Crippen molar-refractivity contribution in [3.8, 4) is 0 Å². The van der Waals surface area contributed by atoms with Gasteiger partial charge in [-0.15, -0.1) is 10.2 Å². The van der Waals surface area contributed by atoms with E-state index < -0.39 is 46.3 Å². The second-order valence-electron chi connectivity index (χ2n) is 4.47. The van der Waals surface area contributed by atoms with Crippen LogP contribution >= 0.6 is 0 Å². The second kappa shape index (κ2) is 5.63. The Bertz CT molecular complexity index is 804. The van der Waals surface area contributed by atoms with E-state index in [0.29, 0.717) is 6.20 Å². The molecule has 2 rings (SSSR count). The van der Waals surface area contributed by atoms with Crippen LogP contribution in [0.1, 0.15) is 11.4 Å². The Morgan fingerprint density at radius 3 is 1.81 bits per heavy atom. The fourth-order valence-electron chi connectivity index (χ4n) is 1.58. The highest BCUT2D eigenvalue weighted by molar-refractivity contribution is 5.78. The Kier molecular flexibility index (Phi) is 4.24. The molecule has 0 saturated carbocycles. The summed E-state index contributed by atoms with van der Waals surface area (Å²) in [7, 11) is 0. The quantitative estimate of drug-likeness (QED) is 0.725. The van der Waals surface area contributed by atoms with Crippen molar-refractivity contribution >= 4 is 6.03 Å². The average Bonchev–Trinajstić information content (AvgIpc) is 3.14. The summed E-state index contributed by atoms with van der Waals surface area (Å²) >= 11 is 0. The van der Waals surface area contributed by atoms with Gasteiger partial charge in [0.15, 0.2) is 11.4 Å². The van der Waals surface area contributed by atoms with Crippen molar-refractivity contribution < 1.29 is 48.7 Å². The van der Waals surface area contributed by atoms with Crippen LogP contribution in [0, 0.1) is 0 Å². The Hall–Kier alpha value is -2.75. The van der Waals surface area contributed by atoms with E-state index in [4.69, 9.17) is 0 Å². The first-order valence-corrected chi connectivity index (χ1v) is 5.89. The molecule has 0 bridgehead atoms. The van der Waals surface area contributed by atoms with Crippen LogP contribution in [0.3, 0.4) is 0 Å². The summed E-state index contributed by atoms with van der Waals surface area (Å²) in [4.78, 5) is 11.8. The maximum atomic E-state index is 13.6. The zero-order chi connectivity index (χ0) is 20.1. The van der Waals surface area contributed by atoms with Crippen molar-refractivity contribution in [3.63, 3.8) is 0 Å². The number of aromatic nitrogens is 6. The number of alkyl halides is 10. The summed E-state index contributed by atoms with van der Waals surface area (Å²) < 4.78 is 128. The van der Waals surface area contributed by atoms with Gasteiger partial charge in [0, 0.05) is 0 Å². The fourth-order valence-corrected chi connectivity index (χ4v) is 1.58. The first-order valence-electron chi connectivity index (χ1n) is 5.89. The monoisotopic (exact) mass is 400 g/mol. The second-order valence-corrected chi connectivity index (χ2v) is 4.47. The van der Waals surface area contributed by atoms with Crippen molar-refractivity contribution in [2.75, 3.05) is 0 Å². The molecule has 0 radical (unpaired) electrons. The molecule has 0 aliphatic rings. The lowest BCUT2D eigenvalue weighted by molar-refractivity contribution is -0.303. The van der Waals surface area contributed by atoms with Gasteiger partial charge in [-0.3, -0.25) is 0 Å². The van der Waals surface area contributed by atoms with E-state index in [1.165, 1.54) is 0 Å². The molecule has 0 amide bonds. The minimum absolute atomic E-state index is 0.0415. The molecule has 26 heavy (non-hydrogen) atoms. The molecule has 2 aromatic rings. The average molecular weight is 400 g/mol. The third-order valence-corrected chi connectivity index (χ3v) is 2.78. The summed E-state index contributed by atoms with van der Waals surface area (Å²) in [6.07, 6.45) is -11.9. The zero-order valence-corrected chi connectivity index (χ0v) is 11.5. The maximum absolute atomic E-state index is 13.6. The lowest BCUT2D eigenvalue weighted by atomic mass is 10.1. The topological polar surface area (TPSA) is 78.5 Å². The van der Waals surface area contributed by atoms with Gasteiger partial charge in [0.1, 0.15) is 0 Å². The number of nitrogens with zero attached hydrogens (tertiary/aromatic N) is 6. The van der Waals surface area contributed by atoms with Gasteiger partial charge in [0.25, 0.3) is 0 Å². The Morgan fingerprint density at radius 1 is 0.846 bits per heavy atom. The molecule has 0 aliphatic heterocycles. The minimum atomic E-state index is -6.65. The molecule has 7 nitrogen and oxygen atoms in total. The molecule has 17 heteroatoms. The van der Waals surface area contributed by atoms with Gasteiger partial charge < -0.3 is 0 Å². The highest BCUT2D eigenvalue weighted by Gasteiger charge is 2.69. The standard InChI is InChI=1S/C9H2F10N6O/c10-6(11,8(14,15)16)3-4(7(12,13)9(17,18)19)25(23-21-3)5(26)24-2-1-20-22-24/h1-2H. The Labute approximate surface area is 134 Å². The predicted octanol–water partition coefficient (Wildman–Crippen LogP) is 2.69. The van der Waals surface area contributed by atoms with Crippen LogP contribution in [0.25, 0.3) is 0 Å². The molecule has 0 saturated heterocycles. The van der Waals surface area contributed by atoms with Gasteiger partial charge in [0.2, 0.25) is 0 Å². The first-order chi connectivity index (χ1) is 11.6. The predicted molar refractivity (Wildman–Crippen MR) is 56.1 cm³/mol. The normalized spacial score (nSPS) is 13.9. The minimum Gasteiger partial charge on any atom is -0.243 e. The van der Waals surface area contributed by atoms with E-state index in [-0.39, 0.29) is 4.68 Å². The van der Waals surface area contributed by atoms with Crippen molar-refractivity contribution in [3.05, 3.63) is 23.8 Å². The maximum Gasteiger partial charge on any atom is 0.459 e. The molecular weight excluding hydrogens is 398 g/mol. The highest BCUT2D eigenvalue weighted by atomic mass is 19.4. The first kappa shape index (κ1) is 19.6. The smallest absolute Gasteiger partial charge is 0.243 e. The van der Waals surface area contributed by atoms with Crippen molar-refractivity contribution in [1.82, 2.24) is 30.0 Å². The van der Waals surface area contributed by atoms with E-state index in [1.54, 1.807) is 0 Å². The largest absolute Gasteiger partial charge is 0.459 e. The molecule has 0 spiro atoms. The highest BCUT2D eigenvalue weighted by Crippen LogP contribution is 2.51. The number of hydrogen-bond acceptors (Lipinski definition) is 5. The summed E-state index contributed by atoms with van der Waals surface area (Å²) in [5.74, 6) is -12.6. The van der Waals surface area contributed by atoms with Crippen molar-refractivity contribution in [2.45, 2.75) is 24.2 Å². The third-order valence-electron chi connectivity index (χ3n) is 2.78. The van der Waals surface area contributed by atoms with Crippen molar-refractivity contribution in [2.24, 2.45) is 0 Å². The molecular formula is C9H2F10N6O. The lowest BCUT2D eigenvalue weighted by Crippen LogP contribution is -2.42. The van der Waals surface area contributed by atoms with Gasteiger partial charge in [-0.1, -0.05) is 10.4 Å². The van der Waals surface area contributed by atoms with Crippen molar-refractivity contribution in [1.29, 1.82) is 0 Å². The SMILES string of the molecule is O=C(n1ccnn1)n1nnc(C(F)(F)C(F)(F)F)c1C(F)(F)C(F)(F)F. The summed E-state index contributed by atoms with van der Waals surface area (Å²) in [6, 6.07) is -2.06. The molecule has 0 unspecified atom stereocenters. The lowest BCUT2D eigenvalue weighted by Gasteiger charge is -2.23. The number of halogens is 10. The van der Waals surface area contributed by atoms with E-state index in [9.17, 15) is 48.7 Å². The molecule has 0 fully saturated rings. The number of rotatable bonds is 2. The molecule has 0 N–H and O–H groups in total. The van der Waals surface area contributed by atoms with Crippen LogP contribution in [0.5, 0.6) is 0 Å².